The standard InChI is InChI=1S/C61H120N2O6/c1-8-13-18-23-28-33-42-54-63(55-44-43-53-62(6)7)61(66)69-58(49-38-29-24-26-31-40-51-59(64)67-56(45-34-19-14-9-2)46-35-20-15-10-3)50-39-30-25-27-32-41-52-60(65)68-57(47-36-21-16-11-4)48-37-22-17-12-5/h56-58H,8-55H2,1-7H3. The minimum absolute atomic E-state index is 0.000597. The molecule has 0 saturated heterocycles. The van der Waals surface area contributed by atoms with Crippen molar-refractivity contribution in [2.75, 3.05) is 33.7 Å². The van der Waals surface area contributed by atoms with E-state index in [0.717, 1.165) is 180 Å². The Balaban J connectivity index is 5.10. The van der Waals surface area contributed by atoms with Gasteiger partial charge in [0.1, 0.15) is 18.3 Å². The summed E-state index contributed by atoms with van der Waals surface area (Å²) in [6.45, 7) is 13.8. The van der Waals surface area contributed by atoms with Crippen LogP contribution in [0.3, 0.4) is 0 Å². The molecule has 0 fully saturated rings. The van der Waals surface area contributed by atoms with Crippen LogP contribution in [0.25, 0.3) is 0 Å². The highest BCUT2D eigenvalue weighted by atomic mass is 16.6. The lowest BCUT2D eigenvalue weighted by molar-refractivity contribution is -0.151. The third-order valence-electron chi connectivity index (χ3n) is 14.3. The molecule has 0 atom stereocenters. The summed E-state index contributed by atoms with van der Waals surface area (Å²) in [5.74, 6) is -0.00119. The molecule has 8 nitrogen and oxygen atoms in total. The number of nitrogens with zero attached hydrogens (tertiary/aromatic N) is 2. The Hall–Kier alpha value is -1.83. The molecule has 0 N–H and O–H groups in total. The minimum atomic E-state index is -0.108. The Labute approximate surface area is 430 Å². The Morgan fingerprint density at radius 3 is 0.884 bits per heavy atom. The van der Waals surface area contributed by atoms with Gasteiger partial charge in [-0.05, 0) is 130 Å². The molecule has 0 heterocycles. The van der Waals surface area contributed by atoms with Crippen molar-refractivity contribution in [3.05, 3.63) is 0 Å². The van der Waals surface area contributed by atoms with Crippen molar-refractivity contribution in [2.24, 2.45) is 0 Å². The van der Waals surface area contributed by atoms with Crippen LogP contribution < -0.4 is 0 Å². The van der Waals surface area contributed by atoms with Crippen molar-refractivity contribution in [2.45, 2.75) is 342 Å². The second-order valence-electron chi connectivity index (χ2n) is 21.6. The number of carbonyl (C=O) groups excluding carboxylic acids is 3. The number of hydrogen-bond acceptors (Lipinski definition) is 7. The third kappa shape index (κ3) is 47.0. The molecule has 0 unspecified atom stereocenters. The van der Waals surface area contributed by atoms with E-state index in [1.807, 2.05) is 4.90 Å². The van der Waals surface area contributed by atoms with Gasteiger partial charge < -0.3 is 24.0 Å². The van der Waals surface area contributed by atoms with Gasteiger partial charge in [-0.25, -0.2) is 4.79 Å². The van der Waals surface area contributed by atoms with Gasteiger partial charge in [-0.1, -0.05) is 202 Å². The summed E-state index contributed by atoms with van der Waals surface area (Å²) in [6.07, 6.45) is 50.2. The van der Waals surface area contributed by atoms with Crippen molar-refractivity contribution >= 4 is 18.0 Å². The summed E-state index contributed by atoms with van der Waals surface area (Å²) in [7, 11) is 4.24. The van der Waals surface area contributed by atoms with E-state index in [2.05, 4.69) is 53.6 Å². The number of rotatable bonds is 54. The predicted octanol–water partition coefficient (Wildman–Crippen LogP) is 18.8. The monoisotopic (exact) mass is 977 g/mol. The summed E-state index contributed by atoms with van der Waals surface area (Å²) in [6, 6.07) is 0. The van der Waals surface area contributed by atoms with E-state index in [9.17, 15) is 14.4 Å². The number of ether oxygens (including phenoxy) is 3. The van der Waals surface area contributed by atoms with Crippen molar-refractivity contribution < 1.29 is 28.6 Å². The molecule has 0 rings (SSSR count). The highest BCUT2D eigenvalue weighted by Gasteiger charge is 2.21. The quantitative estimate of drug-likeness (QED) is 0.0341. The first-order valence-corrected chi connectivity index (χ1v) is 30.7. The van der Waals surface area contributed by atoms with Crippen molar-refractivity contribution in [3.63, 3.8) is 0 Å². The van der Waals surface area contributed by atoms with Gasteiger partial charge in [0, 0.05) is 25.9 Å². The molecule has 8 heteroatoms. The van der Waals surface area contributed by atoms with Gasteiger partial charge >= 0.3 is 18.0 Å². The molecule has 0 bridgehead atoms. The van der Waals surface area contributed by atoms with Crippen LogP contribution in [0.1, 0.15) is 324 Å². The lowest BCUT2D eigenvalue weighted by atomic mass is 10.0. The fraction of sp³-hybridized carbons (Fsp3) is 0.951. The zero-order valence-electron chi connectivity index (χ0n) is 47.5. The molecule has 0 spiro atoms. The average Bonchev–Trinajstić information content (AvgIpc) is 3.33. The normalized spacial score (nSPS) is 11.7. The summed E-state index contributed by atoms with van der Waals surface area (Å²) in [5, 5.41) is 0. The second kappa shape index (κ2) is 52.5. The van der Waals surface area contributed by atoms with E-state index in [1.165, 1.54) is 116 Å². The van der Waals surface area contributed by atoms with Crippen LogP contribution in [0.2, 0.25) is 0 Å². The van der Waals surface area contributed by atoms with Crippen LogP contribution in [0.4, 0.5) is 4.79 Å². The van der Waals surface area contributed by atoms with E-state index in [0.29, 0.717) is 12.8 Å². The summed E-state index contributed by atoms with van der Waals surface area (Å²) < 4.78 is 18.5. The molecule has 0 aromatic carbocycles. The SMILES string of the molecule is CCCCCCCCCN(CCCCN(C)C)C(=O)OC(CCCCCCCCC(=O)OC(CCCCCC)CCCCCC)CCCCCCCCC(=O)OC(CCCCCC)CCCCCC. The predicted molar refractivity (Wildman–Crippen MR) is 296 cm³/mol. The van der Waals surface area contributed by atoms with Gasteiger partial charge in [0.2, 0.25) is 0 Å². The maximum Gasteiger partial charge on any atom is 0.410 e. The van der Waals surface area contributed by atoms with Gasteiger partial charge in [0.15, 0.2) is 0 Å². The van der Waals surface area contributed by atoms with E-state index < -0.39 is 0 Å². The summed E-state index contributed by atoms with van der Waals surface area (Å²) in [5.41, 5.74) is 0. The molecule has 0 aliphatic carbocycles. The van der Waals surface area contributed by atoms with Crippen molar-refractivity contribution in [3.8, 4) is 0 Å². The molecular formula is C61H120N2O6. The highest BCUT2D eigenvalue weighted by molar-refractivity contribution is 5.70. The van der Waals surface area contributed by atoms with E-state index in [4.69, 9.17) is 14.2 Å². The van der Waals surface area contributed by atoms with Crippen LogP contribution in [-0.2, 0) is 23.8 Å². The van der Waals surface area contributed by atoms with Gasteiger partial charge in [0.25, 0.3) is 0 Å². The lowest BCUT2D eigenvalue weighted by Gasteiger charge is -2.26. The van der Waals surface area contributed by atoms with Gasteiger partial charge in [0.05, 0.1) is 0 Å². The average molecular weight is 978 g/mol. The molecule has 0 aromatic heterocycles. The molecule has 0 saturated carbocycles. The summed E-state index contributed by atoms with van der Waals surface area (Å²) in [4.78, 5) is 43.8. The minimum Gasteiger partial charge on any atom is -0.462 e. The Kier molecular flexibility index (Phi) is 51.1. The molecule has 0 aromatic rings. The van der Waals surface area contributed by atoms with E-state index in [-0.39, 0.29) is 36.3 Å². The second-order valence-corrected chi connectivity index (χ2v) is 21.6. The first-order chi connectivity index (χ1) is 33.7. The van der Waals surface area contributed by atoms with Crippen LogP contribution >= 0.6 is 0 Å². The largest absolute Gasteiger partial charge is 0.462 e. The number of hydrogen-bond donors (Lipinski definition) is 0. The fourth-order valence-electron chi connectivity index (χ4n) is 9.67. The zero-order chi connectivity index (χ0) is 50.7. The summed E-state index contributed by atoms with van der Waals surface area (Å²) >= 11 is 0. The highest BCUT2D eigenvalue weighted by Crippen LogP contribution is 2.22. The number of amides is 1. The first-order valence-electron chi connectivity index (χ1n) is 30.7. The van der Waals surface area contributed by atoms with E-state index in [1.54, 1.807) is 0 Å². The number of esters is 2. The van der Waals surface area contributed by atoms with Crippen LogP contribution in [0.5, 0.6) is 0 Å². The topological polar surface area (TPSA) is 85.4 Å². The van der Waals surface area contributed by atoms with Crippen LogP contribution in [-0.4, -0.2) is 79.9 Å². The van der Waals surface area contributed by atoms with Crippen LogP contribution in [0.15, 0.2) is 0 Å². The zero-order valence-corrected chi connectivity index (χ0v) is 47.5. The van der Waals surface area contributed by atoms with Crippen molar-refractivity contribution in [1.82, 2.24) is 9.80 Å². The van der Waals surface area contributed by atoms with Gasteiger partial charge in [-0.3, -0.25) is 9.59 Å². The Morgan fingerprint density at radius 2 is 0.551 bits per heavy atom. The lowest BCUT2D eigenvalue weighted by Crippen LogP contribution is -2.36. The third-order valence-corrected chi connectivity index (χ3v) is 14.3. The smallest absolute Gasteiger partial charge is 0.410 e. The maximum atomic E-state index is 13.9. The Bertz CT molecular complexity index is 1020. The molecule has 69 heavy (non-hydrogen) atoms. The molecule has 0 aliphatic rings. The van der Waals surface area contributed by atoms with Gasteiger partial charge in [-0.2, -0.15) is 0 Å². The molecule has 0 aliphatic heterocycles. The molecule has 410 valence electrons. The van der Waals surface area contributed by atoms with Crippen LogP contribution in [0, 0.1) is 0 Å². The molecular weight excluding hydrogens is 857 g/mol. The number of carbonyl (C=O) groups is 3. The first kappa shape index (κ1) is 67.2. The van der Waals surface area contributed by atoms with Crippen molar-refractivity contribution in [1.29, 1.82) is 0 Å². The van der Waals surface area contributed by atoms with E-state index >= 15 is 0 Å². The number of unbranched alkanes of at least 4 members (excludes halogenated alkanes) is 29. The van der Waals surface area contributed by atoms with Gasteiger partial charge in [-0.15, -0.1) is 0 Å². The molecule has 1 amide bonds. The fourth-order valence-corrected chi connectivity index (χ4v) is 9.67. The molecule has 0 radical (unpaired) electrons. The maximum absolute atomic E-state index is 13.9. The Morgan fingerprint density at radius 1 is 0.304 bits per heavy atom.